The maximum atomic E-state index is 12.6. The molecule has 1 saturated carbocycles. The Hall–Kier alpha value is -1.36. The van der Waals surface area contributed by atoms with Gasteiger partial charge < -0.3 is 10.2 Å². The second-order valence-corrected chi connectivity index (χ2v) is 7.44. The van der Waals surface area contributed by atoms with E-state index >= 15 is 0 Å². The van der Waals surface area contributed by atoms with Gasteiger partial charge in [-0.05, 0) is 37.5 Å². The maximum Gasteiger partial charge on any atom is 0.242 e. The van der Waals surface area contributed by atoms with Crippen LogP contribution in [0.2, 0.25) is 0 Å². The number of halogens is 1. The third-order valence-corrected chi connectivity index (χ3v) is 5.16. The molecule has 1 N–H and O–H groups in total. The predicted molar refractivity (Wildman–Crippen MR) is 99.5 cm³/mol. The second kappa shape index (κ2) is 9.21. The number of hydrogen-bond donors (Lipinski definition) is 1. The zero-order valence-electron chi connectivity index (χ0n) is 14.6. The highest BCUT2D eigenvalue weighted by molar-refractivity contribution is 9.10. The van der Waals surface area contributed by atoms with Gasteiger partial charge in [-0.15, -0.1) is 0 Å². The summed E-state index contributed by atoms with van der Waals surface area (Å²) in [6.07, 6.45) is 6.10. The smallest absolute Gasteiger partial charge is 0.242 e. The number of benzene rings is 1. The minimum absolute atomic E-state index is 0.00118. The number of carbonyl (C=O) groups excluding carboxylic acids is 2. The molecule has 1 atom stereocenters. The number of nitrogens with one attached hydrogen (secondary N) is 1. The molecule has 0 aliphatic heterocycles. The first-order valence-corrected chi connectivity index (χ1v) is 9.65. The van der Waals surface area contributed by atoms with Crippen LogP contribution in [0.3, 0.4) is 0 Å². The third-order valence-electron chi connectivity index (χ3n) is 4.66. The Labute approximate surface area is 153 Å². The molecule has 0 unspecified atom stereocenters. The van der Waals surface area contributed by atoms with Crippen molar-refractivity contribution in [3.63, 3.8) is 0 Å². The summed E-state index contributed by atoms with van der Waals surface area (Å²) in [5, 5.41) is 3.13. The van der Waals surface area contributed by atoms with Gasteiger partial charge in [0.15, 0.2) is 0 Å². The van der Waals surface area contributed by atoms with Crippen molar-refractivity contribution < 1.29 is 9.59 Å². The minimum Gasteiger partial charge on any atom is -0.352 e. The Kier molecular flexibility index (Phi) is 7.28. The van der Waals surface area contributed by atoms with Crippen molar-refractivity contribution in [2.24, 2.45) is 0 Å². The summed E-state index contributed by atoms with van der Waals surface area (Å²) in [5.41, 5.74) is 1.02. The van der Waals surface area contributed by atoms with Crippen LogP contribution < -0.4 is 5.32 Å². The van der Waals surface area contributed by atoms with E-state index in [1.807, 2.05) is 38.1 Å². The van der Waals surface area contributed by atoms with Crippen LogP contribution in [0.15, 0.2) is 28.7 Å². The van der Waals surface area contributed by atoms with Gasteiger partial charge in [-0.25, -0.2) is 0 Å². The van der Waals surface area contributed by atoms with Crippen LogP contribution in [-0.4, -0.2) is 28.8 Å². The summed E-state index contributed by atoms with van der Waals surface area (Å²) in [4.78, 5) is 26.7. The van der Waals surface area contributed by atoms with E-state index in [4.69, 9.17) is 0 Å². The first-order valence-electron chi connectivity index (χ1n) is 8.85. The van der Waals surface area contributed by atoms with E-state index in [1.54, 1.807) is 4.90 Å². The highest BCUT2D eigenvalue weighted by Gasteiger charge is 2.27. The summed E-state index contributed by atoms with van der Waals surface area (Å²) in [5.74, 6) is -0.0417. The molecule has 24 heavy (non-hydrogen) atoms. The van der Waals surface area contributed by atoms with Gasteiger partial charge in [-0.1, -0.05) is 54.2 Å². The maximum absolute atomic E-state index is 12.6. The van der Waals surface area contributed by atoms with Gasteiger partial charge in [0.25, 0.3) is 0 Å². The van der Waals surface area contributed by atoms with E-state index in [1.165, 1.54) is 19.3 Å². The molecule has 1 fully saturated rings. The molecule has 0 heterocycles. The number of nitrogens with zero attached hydrogens (tertiary/aromatic N) is 1. The van der Waals surface area contributed by atoms with Crippen molar-refractivity contribution in [3.05, 3.63) is 34.3 Å². The van der Waals surface area contributed by atoms with Gasteiger partial charge in [-0.3, -0.25) is 9.59 Å². The van der Waals surface area contributed by atoms with E-state index in [2.05, 4.69) is 21.2 Å². The number of carbonyl (C=O) groups is 2. The Bertz CT molecular complexity index is 570. The monoisotopic (exact) mass is 394 g/mol. The Morgan fingerprint density at radius 3 is 2.62 bits per heavy atom. The van der Waals surface area contributed by atoms with E-state index < -0.39 is 6.04 Å². The molecular weight excluding hydrogens is 368 g/mol. The van der Waals surface area contributed by atoms with Crippen LogP contribution in [0, 0.1) is 0 Å². The van der Waals surface area contributed by atoms with E-state index in [0.29, 0.717) is 13.0 Å². The van der Waals surface area contributed by atoms with Crippen molar-refractivity contribution >= 4 is 27.7 Å². The molecule has 0 radical (unpaired) electrons. The SMILES string of the molecule is CCC(=O)N(Cc1cccc(Br)c1)[C@H](C)C(=O)NC1CCCCC1. The molecule has 1 aliphatic carbocycles. The lowest BCUT2D eigenvalue weighted by Gasteiger charge is -2.31. The first kappa shape index (κ1) is 19.0. The molecule has 2 amide bonds. The topological polar surface area (TPSA) is 49.4 Å². The fourth-order valence-electron chi connectivity index (χ4n) is 3.19. The van der Waals surface area contributed by atoms with Crippen molar-refractivity contribution in [1.29, 1.82) is 0 Å². The summed E-state index contributed by atoms with van der Waals surface area (Å²) in [6.45, 7) is 4.11. The highest BCUT2D eigenvalue weighted by atomic mass is 79.9. The molecule has 5 heteroatoms. The summed E-state index contributed by atoms with van der Waals surface area (Å²) >= 11 is 3.46. The van der Waals surface area contributed by atoms with Gasteiger partial charge in [0.05, 0.1) is 0 Å². The average molecular weight is 395 g/mol. The lowest BCUT2D eigenvalue weighted by Crippen LogP contribution is -2.50. The average Bonchev–Trinajstić information content (AvgIpc) is 2.59. The predicted octanol–water partition coefficient (Wildman–Crippen LogP) is 4.03. The summed E-state index contributed by atoms with van der Waals surface area (Å²) in [6, 6.07) is 7.67. The quantitative estimate of drug-likeness (QED) is 0.791. The zero-order valence-corrected chi connectivity index (χ0v) is 16.1. The van der Waals surface area contributed by atoms with Crippen LogP contribution in [0.1, 0.15) is 57.9 Å². The van der Waals surface area contributed by atoms with Crippen LogP contribution in [0.25, 0.3) is 0 Å². The van der Waals surface area contributed by atoms with Crippen molar-refractivity contribution in [1.82, 2.24) is 10.2 Å². The van der Waals surface area contributed by atoms with Crippen LogP contribution in [0.5, 0.6) is 0 Å². The molecule has 0 aromatic heterocycles. The van der Waals surface area contributed by atoms with Crippen molar-refractivity contribution in [3.8, 4) is 0 Å². The number of hydrogen-bond acceptors (Lipinski definition) is 2. The number of amides is 2. The summed E-state index contributed by atoms with van der Waals surface area (Å²) in [7, 11) is 0. The fraction of sp³-hybridized carbons (Fsp3) is 0.579. The molecule has 2 rings (SSSR count). The zero-order chi connectivity index (χ0) is 17.5. The highest BCUT2D eigenvalue weighted by Crippen LogP contribution is 2.19. The van der Waals surface area contributed by atoms with Crippen LogP contribution in [0.4, 0.5) is 0 Å². The van der Waals surface area contributed by atoms with Gasteiger partial charge in [-0.2, -0.15) is 0 Å². The largest absolute Gasteiger partial charge is 0.352 e. The molecule has 4 nitrogen and oxygen atoms in total. The van der Waals surface area contributed by atoms with Gasteiger partial charge >= 0.3 is 0 Å². The van der Waals surface area contributed by atoms with Crippen molar-refractivity contribution in [2.45, 2.75) is 71.0 Å². The standard InChI is InChI=1S/C19H27BrN2O2/c1-3-18(23)22(13-15-8-7-9-16(20)12-15)14(2)19(24)21-17-10-5-4-6-11-17/h7-9,12,14,17H,3-6,10-11,13H2,1-2H3,(H,21,24)/t14-/m1/s1. The third kappa shape index (κ3) is 5.33. The van der Waals surface area contributed by atoms with Crippen molar-refractivity contribution in [2.75, 3.05) is 0 Å². The molecule has 132 valence electrons. The molecule has 1 aliphatic rings. The molecule has 0 bridgehead atoms. The molecule has 1 aromatic rings. The van der Waals surface area contributed by atoms with E-state index in [-0.39, 0.29) is 17.9 Å². The molecular formula is C19H27BrN2O2. The molecule has 0 spiro atoms. The molecule has 0 saturated heterocycles. The van der Waals surface area contributed by atoms with Gasteiger partial charge in [0.2, 0.25) is 11.8 Å². The first-order chi connectivity index (χ1) is 11.5. The summed E-state index contributed by atoms with van der Waals surface area (Å²) < 4.78 is 0.975. The van der Waals surface area contributed by atoms with Crippen LogP contribution in [-0.2, 0) is 16.1 Å². The lowest BCUT2D eigenvalue weighted by molar-refractivity contribution is -0.140. The Morgan fingerprint density at radius 1 is 1.29 bits per heavy atom. The molecule has 1 aromatic carbocycles. The van der Waals surface area contributed by atoms with Crippen LogP contribution >= 0.6 is 15.9 Å². The van der Waals surface area contributed by atoms with Gasteiger partial charge in [0.1, 0.15) is 6.04 Å². The fourth-order valence-corrected chi connectivity index (χ4v) is 3.63. The minimum atomic E-state index is -0.460. The van der Waals surface area contributed by atoms with E-state index in [0.717, 1.165) is 22.9 Å². The van der Waals surface area contributed by atoms with Gasteiger partial charge in [0, 0.05) is 23.5 Å². The lowest BCUT2D eigenvalue weighted by atomic mass is 9.95. The Balaban J connectivity index is 2.05. The normalized spacial score (nSPS) is 16.5. The second-order valence-electron chi connectivity index (χ2n) is 6.52. The Morgan fingerprint density at radius 2 is 2.00 bits per heavy atom. The van der Waals surface area contributed by atoms with E-state index in [9.17, 15) is 9.59 Å². The number of rotatable bonds is 6.